The van der Waals surface area contributed by atoms with E-state index in [0.717, 1.165) is 13.0 Å². The van der Waals surface area contributed by atoms with Gasteiger partial charge in [-0.05, 0) is 29.9 Å². The summed E-state index contributed by atoms with van der Waals surface area (Å²) in [4.78, 5) is 0. The Morgan fingerprint density at radius 2 is 2.31 bits per heavy atom. The van der Waals surface area contributed by atoms with Crippen LogP contribution in [0.5, 0.6) is 0 Å². The van der Waals surface area contributed by atoms with Gasteiger partial charge in [0.2, 0.25) is 0 Å². The highest BCUT2D eigenvalue weighted by atomic mass is 15.1. The van der Waals surface area contributed by atoms with Gasteiger partial charge >= 0.3 is 0 Å². The fourth-order valence-electron chi connectivity index (χ4n) is 1.56. The second kappa shape index (κ2) is 3.92. The summed E-state index contributed by atoms with van der Waals surface area (Å²) in [6.45, 7) is 7.34. The number of hydrogen-bond donors (Lipinski definition) is 2. The summed E-state index contributed by atoms with van der Waals surface area (Å²) in [6, 6.07) is 0. The third-order valence-corrected chi connectivity index (χ3v) is 2.50. The molecule has 0 radical (unpaired) electrons. The molecule has 0 bridgehead atoms. The van der Waals surface area contributed by atoms with E-state index < -0.39 is 0 Å². The second-order valence-corrected chi connectivity index (χ2v) is 4.51. The van der Waals surface area contributed by atoms with Gasteiger partial charge in [0.05, 0.1) is 6.20 Å². The Morgan fingerprint density at radius 1 is 1.62 bits per heavy atom. The van der Waals surface area contributed by atoms with Crippen molar-refractivity contribution in [1.82, 2.24) is 10.2 Å². The summed E-state index contributed by atoms with van der Waals surface area (Å²) in [5.41, 5.74) is 7.17. The van der Waals surface area contributed by atoms with Gasteiger partial charge in [0.15, 0.2) is 0 Å². The van der Waals surface area contributed by atoms with E-state index in [1.54, 1.807) is 0 Å². The zero-order chi connectivity index (χ0) is 9.90. The molecule has 0 aliphatic rings. The minimum atomic E-state index is 0.219. The number of nitrogens with two attached hydrogens (primary N) is 1. The first kappa shape index (κ1) is 10.3. The molecule has 3 N–H and O–H groups in total. The van der Waals surface area contributed by atoms with Crippen LogP contribution in [0.25, 0.3) is 0 Å². The maximum atomic E-state index is 5.68. The maximum absolute atomic E-state index is 5.68. The molecule has 1 unspecified atom stereocenters. The Bertz CT molecular complexity index is 239. The van der Waals surface area contributed by atoms with Crippen molar-refractivity contribution in [2.24, 2.45) is 11.1 Å². The van der Waals surface area contributed by atoms with Crippen LogP contribution in [-0.4, -0.2) is 16.7 Å². The fourth-order valence-corrected chi connectivity index (χ4v) is 1.56. The van der Waals surface area contributed by atoms with Crippen molar-refractivity contribution in [3.8, 4) is 0 Å². The third-order valence-electron chi connectivity index (χ3n) is 2.50. The van der Waals surface area contributed by atoms with E-state index in [-0.39, 0.29) is 5.41 Å². The topological polar surface area (TPSA) is 54.7 Å². The van der Waals surface area contributed by atoms with Crippen molar-refractivity contribution < 1.29 is 0 Å². The average molecular weight is 181 g/mol. The average Bonchev–Trinajstić information content (AvgIpc) is 2.55. The Balaban J connectivity index is 2.56. The SMILES string of the molecule is CC(CC(C)(C)CN)c1cn[nH]c1. The predicted molar refractivity (Wildman–Crippen MR) is 54.5 cm³/mol. The van der Waals surface area contributed by atoms with E-state index in [2.05, 4.69) is 31.0 Å². The second-order valence-electron chi connectivity index (χ2n) is 4.51. The summed E-state index contributed by atoms with van der Waals surface area (Å²) in [5.74, 6) is 0.525. The predicted octanol–water partition coefficient (Wildman–Crippen LogP) is 1.89. The largest absolute Gasteiger partial charge is 0.330 e. The number of aromatic amines is 1. The third kappa shape index (κ3) is 2.84. The molecule has 0 saturated carbocycles. The van der Waals surface area contributed by atoms with Crippen LogP contribution in [0.3, 0.4) is 0 Å². The molecule has 1 atom stereocenters. The van der Waals surface area contributed by atoms with E-state index in [9.17, 15) is 0 Å². The summed E-state index contributed by atoms with van der Waals surface area (Å²) in [7, 11) is 0. The molecule has 3 nitrogen and oxygen atoms in total. The molecule has 0 aromatic carbocycles. The fraction of sp³-hybridized carbons (Fsp3) is 0.700. The Morgan fingerprint density at radius 3 is 2.77 bits per heavy atom. The molecule has 1 aromatic heterocycles. The van der Waals surface area contributed by atoms with Gasteiger partial charge < -0.3 is 5.73 Å². The Kier molecular flexibility index (Phi) is 3.09. The van der Waals surface area contributed by atoms with Gasteiger partial charge in [0.25, 0.3) is 0 Å². The van der Waals surface area contributed by atoms with Crippen LogP contribution < -0.4 is 5.73 Å². The van der Waals surface area contributed by atoms with E-state index in [1.165, 1.54) is 5.56 Å². The minimum Gasteiger partial charge on any atom is -0.330 e. The molecule has 3 heteroatoms. The number of aromatic nitrogens is 2. The van der Waals surface area contributed by atoms with E-state index in [1.807, 2.05) is 12.4 Å². The van der Waals surface area contributed by atoms with Gasteiger partial charge in [-0.1, -0.05) is 20.8 Å². The highest BCUT2D eigenvalue weighted by Gasteiger charge is 2.20. The summed E-state index contributed by atoms with van der Waals surface area (Å²) >= 11 is 0. The molecular weight excluding hydrogens is 162 g/mol. The first-order chi connectivity index (χ1) is 6.05. The molecule has 74 valence electrons. The zero-order valence-corrected chi connectivity index (χ0v) is 8.67. The Hall–Kier alpha value is -0.830. The first-order valence-electron chi connectivity index (χ1n) is 4.74. The van der Waals surface area contributed by atoms with E-state index in [4.69, 9.17) is 5.73 Å². The van der Waals surface area contributed by atoms with Gasteiger partial charge in [-0.3, -0.25) is 5.10 Å². The number of H-pyrrole nitrogens is 1. The lowest BCUT2D eigenvalue weighted by Crippen LogP contribution is -2.25. The minimum absolute atomic E-state index is 0.219. The van der Waals surface area contributed by atoms with Crippen molar-refractivity contribution in [3.05, 3.63) is 18.0 Å². The van der Waals surface area contributed by atoms with Gasteiger partial charge in [0, 0.05) is 6.20 Å². The molecule has 13 heavy (non-hydrogen) atoms. The highest BCUT2D eigenvalue weighted by molar-refractivity contribution is 5.09. The molecule has 1 aromatic rings. The summed E-state index contributed by atoms with van der Waals surface area (Å²) < 4.78 is 0. The summed E-state index contributed by atoms with van der Waals surface area (Å²) in [5, 5.41) is 6.78. The van der Waals surface area contributed by atoms with Gasteiger partial charge in [-0.2, -0.15) is 5.10 Å². The van der Waals surface area contributed by atoms with Crippen LogP contribution in [0.15, 0.2) is 12.4 Å². The normalized spacial score (nSPS) is 14.5. The van der Waals surface area contributed by atoms with Gasteiger partial charge in [0.1, 0.15) is 0 Å². The van der Waals surface area contributed by atoms with Crippen molar-refractivity contribution >= 4 is 0 Å². The lowest BCUT2D eigenvalue weighted by atomic mass is 9.81. The molecule has 0 fully saturated rings. The van der Waals surface area contributed by atoms with Crippen LogP contribution >= 0.6 is 0 Å². The van der Waals surface area contributed by atoms with E-state index in [0.29, 0.717) is 5.92 Å². The van der Waals surface area contributed by atoms with Gasteiger partial charge in [-0.15, -0.1) is 0 Å². The van der Waals surface area contributed by atoms with Gasteiger partial charge in [-0.25, -0.2) is 0 Å². The monoisotopic (exact) mass is 181 g/mol. The molecule has 1 heterocycles. The molecular formula is C10H19N3. The molecule has 0 amide bonds. The lowest BCUT2D eigenvalue weighted by Gasteiger charge is -2.25. The zero-order valence-electron chi connectivity index (χ0n) is 8.67. The molecule has 0 spiro atoms. The standard InChI is InChI=1S/C10H19N3/c1-8(4-10(2,3)7-11)9-5-12-13-6-9/h5-6,8H,4,7,11H2,1-3H3,(H,12,13). The smallest absolute Gasteiger partial charge is 0.0521 e. The van der Waals surface area contributed by atoms with Crippen molar-refractivity contribution in [1.29, 1.82) is 0 Å². The van der Waals surface area contributed by atoms with E-state index >= 15 is 0 Å². The van der Waals surface area contributed by atoms with Crippen LogP contribution in [0, 0.1) is 5.41 Å². The van der Waals surface area contributed by atoms with Crippen molar-refractivity contribution in [3.63, 3.8) is 0 Å². The molecule has 1 rings (SSSR count). The molecule has 0 aliphatic heterocycles. The first-order valence-corrected chi connectivity index (χ1v) is 4.74. The van der Waals surface area contributed by atoms with Crippen molar-refractivity contribution in [2.45, 2.75) is 33.1 Å². The quantitative estimate of drug-likeness (QED) is 0.745. The Labute approximate surface area is 79.7 Å². The summed E-state index contributed by atoms with van der Waals surface area (Å²) in [6.07, 6.45) is 4.94. The number of nitrogens with zero attached hydrogens (tertiary/aromatic N) is 1. The number of hydrogen-bond acceptors (Lipinski definition) is 2. The number of nitrogens with one attached hydrogen (secondary N) is 1. The molecule has 0 saturated heterocycles. The lowest BCUT2D eigenvalue weighted by molar-refractivity contribution is 0.322. The maximum Gasteiger partial charge on any atom is 0.0521 e. The van der Waals surface area contributed by atoms with Crippen LogP contribution in [0.1, 0.15) is 38.7 Å². The van der Waals surface area contributed by atoms with Crippen molar-refractivity contribution in [2.75, 3.05) is 6.54 Å². The highest BCUT2D eigenvalue weighted by Crippen LogP contribution is 2.29. The number of rotatable bonds is 4. The van der Waals surface area contributed by atoms with Crippen LogP contribution in [-0.2, 0) is 0 Å². The van der Waals surface area contributed by atoms with Crippen LogP contribution in [0.4, 0.5) is 0 Å². The van der Waals surface area contributed by atoms with Crippen LogP contribution in [0.2, 0.25) is 0 Å². The molecule has 0 aliphatic carbocycles.